The minimum Gasteiger partial charge on any atom is -0.496 e. The average molecular weight is 530 g/mol. The van der Waals surface area contributed by atoms with Gasteiger partial charge in [-0.25, -0.2) is 0 Å². The molecule has 30 heavy (non-hydrogen) atoms. The highest BCUT2D eigenvalue weighted by atomic mass is 127. The first-order chi connectivity index (χ1) is 14.3. The molecule has 2 fully saturated rings. The fraction of sp³-hybridized carbons (Fsp3) is 0.696. The van der Waals surface area contributed by atoms with Crippen molar-refractivity contribution in [3.8, 4) is 5.75 Å². The molecule has 0 aromatic heterocycles. The van der Waals surface area contributed by atoms with Crippen LogP contribution >= 0.6 is 24.0 Å². The molecule has 7 heteroatoms. The Morgan fingerprint density at radius 1 is 1.13 bits per heavy atom. The highest BCUT2D eigenvalue weighted by Gasteiger charge is 2.27. The molecule has 0 spiro atoms. The summed E-state index contributed by atoms with van der Waals surface area (Å²) in [7, 11) is 1.76. The van der Waals surface area contributed by atoms with Gasteiger partial charge in [0.15, 0.2) is 5.96 Å². The molecule has 0 saturated carbocycles. The number of aliphatic imine (C=N–C) groups is 1. The number of nitrogens with one attached hydrogen (secondary N) is 1. The topological polar surface area (TPSA) is 49.3 Å². The molecule has 3 rings (SSSR count). The van der Waals surface area contributed by atoms with Gasteiger partial charge >= 0.3 is 0 Å². The monoisotopic (exact) mass is 530 g/mol. The van der Waals surface area contributed by atoms with Crippen LogP contribution in [0.1, 0.15) is 51.1 Å². The normalized spacial score (nSPS) is 19.4. The fourth-order valence-electron chi connectivity index (χ4n) is 4.47. The first-order valence-electron chi connectivity index (χ1n) is 11.3. The van der Waals surface area contributed by atoms with Crippen molar-refractivity contribution < 1.29 is 9.47 Å². The first-order valence-corrected chi connectivity index (χ1v) is 11.3. The Kier molecular flexibility index (Phi) is 11.2. The van der Waals surface area contributed by atoms with E-state index in [0.717, 1.165) is 70.4 Å². The van der Waals surface area contributed by atoms with Gasteiger partial charge in [0, 0.05) is 31.8 Å². The predicted octanol–water partition coefficient (Wildman–Crippen LogP) is 3.92. The standard InChI is InChI=1S/C23H38N4O2.HI/c1-4-24-23(27-16-12-19(13-17-27)29-5-2)25-18-21(26-14-8-9-15-26)20-10-6-7-11-22(20)28-3;/h6-7,10-11,19,21H,4-5,8-9,12-18H2,1-3H3,(H,24,25);1H. The zero-order valence-corrected chi connectivity index (χ0v) is 21.1. The number of ether oxygens (including phenoxy) is 2. The molecular formula is C23H39IN4O2. The number of piperidine rings is 1. The van der Waals surface area contributed by atoms with Gasteiger partial charge in [0.05, 0.1) is 25.8 Å². The van der Waals surface area contributed by atoms with E-state index in [9.17, 15) is 0 Å². The lowest BCUT2D eigenvalue weighted by Crippen LogP contribution is -2.47. The third-order valence-electron chi connectivity index (χ3n) is 5.97. The molecule has 1 N–H and O–H groups in total. The zero-order chi connectivity index (χ0) is 20.5. The number of hydrogen-bond donors (Lipinski definition) is 1. The molecule has 1 atom stereocenters. The van der Waals surface area contributed by atoms with Gasteiger partial charge in [-0.2, -0.15) is 0 Å². The SMILES string of the molecule is CCNC(=NCC(c1ccccc1OC)N1CCCC1)N1CCC(OCC)CC1.I. The van der Waals surface area contributed by atoms with Crippen molar-refractivity contribution in [2.75, 3.05) is 53.0 Å². The molecule has 0 aliphatic carbocycles. The predicted molar refractivity (Wildman–Crippen MR) is 134 cm³/mol. The van der Waals surface area contributed by atoms with Gasteiger partial charge < -0.3 is 19.7 Å². The minimum atomic E-state index is 0. The molecule has 1 unspecified atom stereocenters. The molecule has 170 valence electrons. The maximum Gasteiger partial charge on any atom is 0.193 e. The van der Waals surface area contributed by atoms with Gasteiger partial charge in [0.2, 0.25) is 0 Å². The van der Waals surface area contributed by atoms with Crippen molar-refractivity contribution in [2.45, 2.75) is 51.7 Å². The number of nitrogens with zero attached hydrogens (tertiary/aromatic N) is 3. The molecule has 6 nitrogen and oxygen atoms in total. The highest BCUT2D eigenvalue weighted by Crippen LogP contribution is 2.32. The molecule has 2 aliphatic rings. The Morgan fingerprint density at radius 2 is 1.83 bits per heavy atom. The van der Waals surface area contributed by atoms with Crippen LogP contribution in [0.3, 0.4) is 0 Å². The Balaban J connectivity index is 0.00000320. The Labute approximate surface area is 199 Å². The lowest BCUT2D eigenvalue weighted by Gasteiger charge is -2.34. The van der Waals surface area contributed by atoms with E-state index in [4.69, 9.17) is 14.5 Å². The summed E-state index contributed by atoms with van der Waals surface area (Å²) in [4.78, 5) is 10.1. The summed E-state index contributed by atoms with van der Waals surface area (Å²) >= 11 is 0. The molecular weight excluding hydrogens is 491 g/mol. The maximum atomic E-state index is 5.81. The van der Waals surface area contributed by atoms with Crippen molar-refractivity contribution in [3.63, 3.8) is 0 Å². The van der Waals surface area contributed by atoms with Crippen LogP contribution in [0.5, 0.6) is 5.75 Å². The number of rotatable bonds is 8. The van der Waals surface area contributed by atoms with E-state index in [1.54, 1.807) is 7.11 Å². The number of para-hydroxylation sites is 1. The minimum absolute atomic E-state index is 0. The molecule has 0 bridgehead atoms. The maximum absolute atomic E-state index is 5.81. The molecule has 0 radical (unpaired) electrons. The van der Waals surface area contributed by atoms with Crippen LogP contribution < -0.4 is 10.1 Å². The van der Waals surface area contributed by atoms with Gasteiger partial charge in [-0.1, -0.05) is 18.2 Å². The van der Waals surface area contributed by atoms with Crippen LogP contribution in [0.4, 0.5) is 0 Å². The summed E-state index contributed by atoms with van der Waals surface area (Å²) in [5.74, 6) is 1.99. The van der Waals surface area contributed by atoms with Gasteiger partial charge in [0.25, 0.3) is 0 Å². The lowest BCUT2D eigenvalue weighted by molar-refractivity contribution is 0.0263. The number of halogens is 1. The molecule has 2 heterocycles. The molecule has 1 aromatic rings. The van der Waals surface area contributed by atoms with E-state index in [-0.39, 0.29) is 30.0 Å². The summed E-state index contributed by atoms with van der Waals surface area (Å²) in [6.45, 7) is 10.9. The zero-order valence-electron chi connectivity index (χ0n) is 18.8. The van der Waals surface area contributed by atoms with E-state index in [1.807, 2.05) is 6.07 Å². The summed E-state index contributed by atoms with van der Waals surface area (Å²) in [6.07, 6.45) is 5.06. The van der Waals surface area contributed by atoms with Crippen LogP contribution in [0, 0.1) is 0 Å². The number of hydrogen-bond acceptors (Lipinski definition) is 4. The largest absolute Gasteiger partial charge is 0.496 e. The van der Waals surface area contributed by atoms with E-state index in [0.29, 0.717) is 6.10 Å². The van der Waals surface area contributed by atoms with E-state index in [2.05, 4.69) is 47.2 Å². The summed E-state index contributed by atoms with van der Waals surface area (Å²) in [6, 6.07) is 8.65. The average Bonchev–Trinajstić information content (AvgIpc) is 3.29. The van der Waals surface area contributed by atoms with E-state index >= 15 is 0 Å². The molecule has 0 amide bonds. The van der Waals surface area contributed by atoms with Crippen molar-refractivity contribution in [1.82, 2.24) is 15.1 Å². The second kappa shape index (κ2) is 13.4. The van der Waals surface area contributed by atoms with Crippen LogP contribution in [0.25, 0.3) is 0 Å². The third kappa shape index (κ3) is 6.72. The Hall–Kier alpha value is -1.06. The number of methoxy groups -OCH3 is 1. The second-order valence-corrected chi connectivity index (χ2v) is 7.84. The van der Waals surface area contributed by atoms with Gasteiger partial charge in [-0.15, -0.1) is 24.0 Å². The molecule has 2 aliphatic heterocycles. The van der Waals surface area contributed by atoms with Gasteiger partial charge in [-0.05, 0) is 58.7 Å². The van der Waals surface area contributed by atoms with Crippen molar-refractivity contribution in [1.29, 1.82) is 0 Å². The van der Waals surface area contributed by atoms with Gasteiger partial charge in [-0.3, -0.25) is 9.89 Å². The van der Waals surface area contributed by atoms with Crippen LogP contribution in [-0.4, -0.2) is 74.8 Å². The number of likely N-dealkylation sites (tertiary alicyclic amines) is 2. The van der Waals surface area contributed by atoms with Crippen LogP contribution in [0.15, 0.2) is 29.3 Å². The lowest BCUT2D eigenvalue weighted by atomic mass is 10.0. The summed E-state index contributed by atoms with van der Waals surface area (Å²) in [5.41, 5.74) is 1.24. The number of benzene rings is 1. The number of guanidine groups is 1. The van der Waals surface area contributed by atoms with Crippen molar-refractivity contribution in [3.05, 3.63) is 29.8 Å². The van der Waals surface area contributed by atoms with Crippen LogP contribution in [-0.2, 0) is 4.74 Å². The quantitative estimate of drug-likeness (QED) is 0.314. The molecule has 1 aromatic carbocycles. The Bertz CT molecular complexity index is 644. The smallest absolute Gasteiger partial charge is 0.193 e. The van der Waals surface area contributed by atoms with Gasteiger partial charge in [0.1, 0.15) is 5.75 Å². The van der Waals surface area contributed by atoms with Crippen molar-refractivity contribution in [2.24, 2.45) is 4.99 Å². The summed E-state index contributed by atoms with van der Waals surface area (Å²) in [5, 5.41) is 3.51. The molecule has 2 saturated heterocycles. The second-order valence-electron chi connectivity index (χ2n) is 7.84. The van der Waals surface area contributed by atoms with Crippen molar-refractivity contribution >= 4 is 29.9 Å². The Morgan fingerprint density at radius 3 is 2.47 bits per heavy atom. The first kappa shape index (κ1) is 25.2. The van der Waals surface area contributed by atoms with Crippen LogP contribution in [0.2, 0.25) is 0 Å². The van der Waals surface area contributed by atoms with E-state index in [1.165, 1.54) is 18.4 Å². The van der Waals surface area contributed by atoms with E-state index < -0.39 is 0 Å². The highest BCUT2D eigenvalue weighted by molar-refractivity contribution is 14.0. The fourth-order valence-corrected chi connectivity index (χ4v) is 4.47. The summed E-state index contributed by atoms with van der Waals surface area (Å²) < 4.78 is 11.5. The third-order valence-corrected chi connectivity index (χ3v) is 5.97.